The van der Waals surface area contributed by atoms with E-state index in [2.05, 4.69) is 9.97 Å². The molecule has 0 bridgehead atoms. The number of H-pyrrole nitrogens is 1. The molecule has 3 heterocycles. The van der Waals surface area contributed by atoms with E-state index in [4.69, 9.17) is 16.3 Å². The largest absolute Gasteiger partial charge is 0.462 e. The zero-order valence-electron chi connectivity index (χ0n) is 15.4. The van der Waals surface area contributed by atoms with E-state index in [0.29, 0.717) is 17.8 Å². The fraction of sp³-hybridized carbons (Fsp3) is 0.250. The van der Waals surface area contributed by atoms with Gasteiger partial charge >= 0.3 is 5.97 Å². The van der Waals surface area contributed by atoms with Crippen molar-refractivity contribution in [1.82, 2.24) is 14.5 Å². The van der Waals surface area contributed by atoms with Crippen LogP contribution in [0.4, 0.5) is 0 Å². The molecule has 0 aromatic carbocycles. The van der Waals surface area contributed by atoms with Crippen LogP contribution in [0.15, 0.2) is 41.5 Å². The zero-order chi connectivity index (χ0) is 19.6. The maximum atomic E-state index is 12.7. The van der Waals surface area contributed by atoms with Gasteiger partial charge < -0.3 is 14.3 Å². The molecule has 27 heavy (non-hydrogen) atoms. The Morgan fingerprint density at radius 3 is 2.85 bits per heavy atom. The maximum Gasteiger partial charge on any atom is 0.341 e. The van der Waals surface area contributed by atoms with Crippen LogP contribution >= 0.6 is 11.6 Å². The summed E-state index contributed by atoms with van der Waals surface area (Å²) >= 11 is 6.29. The molecule has 3 aromatic heterocycles. The number of hydrogen-bond donors (Lipinski definition) is 1. The second-order valence-electron chi connectivity index (χ2n) is 6.08. The van der Waals surface area contributed by atoms with Crippen LogP contribution in [0.3, 0.4) is 0 Å². The van der Waals surface area contributed by atoms with E-state index >= 15 is 0 Å². The minimum atomic E-state index is -0.512. The van der Waals surface area contributed by atoms with Crippen molar-refractivity contribution in [2.75, 3.05) is 6.61 Å². The van der Waals surface area contributed by atoms with Gasteiger partial charge in [-0.1, -0.05) is 23.8 Å². The number of allylic oxidation sites excluding steroid dienone is 2. The molecule has 0 spiro atoms. The molecule has 0 aliphatic carbocycles. The summed E-state index contributed by atoms with van der Waals surface area (Å²) in [6.45, 7) is 6.23. The average molecular weight is 386 g/mol. The number of rotatable bonds is 5. The molecule has 0 aliphatic rings. The topological polar surface area (TPSA) is 77.0 Å². The number of ether oxygens (including phenoxy) is 1. The van der Waals surface area contributed by atoms with E-state index in [0.717, 1.165) is 16.6 Å². The van der Waals surface area contributed by atoms with Crippen LogP contribution in [0.1, 0.15) is 29.9 Å². The van der Waals surface area contributed by atoms with Crippen molar-refractivity contribution in [2.24, 2.45) is 0 Å². The molecule has 3 rings (SSSR count). The number of hydrogen-bond acceptors (Lipinski definition) is 4. The van der Waals surface area contributed by atoms with Crippen molar-refractivity contribution in [3.8, 4) is 11.3 Å². The number of aromatic amines is 1. The van der Waals surface area contributed by atoms with E-state index < -0.39 is 5.97 Å². The molecular formula is C20H20ClN3O3. The quantitative estimate of drug-likeness (QED) is 0.529. The molecule has 0 saturated heterocycles. The predicted octanol–water partition coefficient (Wildman–Crippen LogP) is 4.11. The van der Waals surface area contributed by atoms with Crippen LogP contribution in [0.25, 0.3) is 22.2 Å². The molecule has 1 N–H and O–H groups in total. The number of pyridine rings is 2. The second kappa shape index (κ2) is 7.80. The van der Waals surface area contributed by atoms with Crippen molar-refractivity contribution < 1.29 is 9.53 Å². The van der Waals surface area contributed by atoms with Crippen molar-refractivity contribution >= 4 is 28.5 Å². The minimum Gasteiger partial charge on any atom is -0.462 e. The molecule has 140 valence electrons. The Labute approximate surface area is 161 Å². The summed E-state index contributed by atoms with van der Waals surface area (Å²) in [4.78, 5) is 32.2. The van der Waals surface area contributed by atoms with Gasteiger partial charge in [0.1, 0.15) is 5.52 Å². The van der Waals surface area contributed by atoms with Gasteiger partial charge in [0.25, 0.3) is 5.56 Å². The van der Waals surface area contributed by atoms with E-state index in [1.165, 1.54) is 6.20 Å². The molecule has 6 nitrogen and oxygen atoms in total. The number of aryl methyl sites for hydroxylation is 1. The van der Waals surface area contributed by atoms with Crippen molar-refractivity contribution in [1.29, 1.82) is 0 Å². The summed E-state index contributed by atoms with van der Waals surface area (Å²) in [5.74, 6) is -0.512. The van der Waals surface area contributed by atoms with E-state index in [9.17, 15) is 9.59 Å². The molecule has 0 amide bonds. The zero-order valence-corrected chi connectivity index (χ0v) is 16.1. The highest BCUT2D eigenvalue weighted by Gasteiger charge is 2.17. The molecule has 7 heteroatoms. The SMILES string of the molecule is CC=CCn1cc(-c2cc(Cl)c(C(=O)OCC)cn2)c2cc(C)[nH]c2c1=O. The molecule has 3 aromatic rings. The summed E-state index contributed by atoms with van der Waals surface area (Å²) in [7, 11) is 0. The normalized spacial score (nSPS) is 11.4. The first kappa shape index (κ1) is 18.9. The summed E-state index contributed by atoms with van der Waals surface area (Å²) in [6, 6.07) is 3.52. The first-order chi connectivity index (χ1) is 13.0. The monoisotopic (exact) mass is 385 g/mol. The Balaban J connectivity index is 2.18. The molecule has 0 fully saturated rings. The average Bonchev–Trinajstić information content (AvgIpc) is 3.03. The van der Waals surface area contributed by atoms with Crippen LogP contribution in [-0.2, 0) is 11.3 Å². The highest BCUT2D eigenvalue weighted by atomic mass is 35.5. The molecule has 0 saturated carbocycles. The van der Waals surface area contributed by atoms with Crippen LogP contribution in [0, 0.1) is 6.92 Å². The number of aromatic nitrogens is 3. The molecular weight excluding hydrogens is 366 g/mol. The third-order valence-electron chi connectivity index (χ3n) is 4.16. The first-order valence-corrected chi connectivity index (χ1v) is 9.01. The minimum absolute atomic E-state index is 0.103. The smallest absolute Gasteiger partial charge is 0.341 e. The van der Waals surface area contributed by atoms with Crippen LogP contribution in [0.5, 0.6) is 0 Å². The van der Waals surface area contributed by atoms with Crippen LogP contribution in [-0.4, -0.2) is 27.1 Å². The Bertz CT molecular complexity index is 1100. The number of nitrogens with one attached hydrogen (secondary N) is 1. The fourth-order valence-electron chi connectivity index (χ4n) is 2.89. The van der Waals surface area contributed by atoms with Crippen LogP contribution in [0.2, 0.25) is 5.02 Å². The summed E-state index contributed by atoms with van der Waals surface area (Å²) in [5, 5.41) is 1.02. The lowest BCUT2D eigenvalue weighted by Gasteiger charge is -2.10. The lowest BCUT2D eigenvalue weighted by Crippen LogP contribution is -2.19. The van der Waals surface area contributed by atoms with Crippen molar-refractivity contribution in [3.63, 3.8) is 0 Å². The number of fused-ring (bicyclic) bond motifs is 1. The van der Waals surface area contributed by atoms with E-state index in [1.54, 1.807) is 23.8 Å². The Morgan fingerprint density at radius 2 is 2.19 bits per heavy atom. The third kappa shape index (κ3) is 3.66. The second-order valence-corrected chi connectivity index (χ2v) is 6.49. The molecule has 0 unspecified atom stereocenters. The number of nitrogens with zero attached hydrogens (tertiary/aromatic N) is 2. The highest BCUT2D eigenvalue weighted by Crippen LogP contribution is 2.29. The van der Waals surface area contributed by atoms with Crippen LogP contribution < -0.4 is 5.56 Å². The Morgan fingerprint density at radius 1 is 1.41 bits per heavy atom. The van der Waals surface area contributed by atoms with Gasteiger partial charge in [-0.25, -0.2) is 4.79 Å². The lowest BCUT2D eigenvalue weighted by atomic mass is 10.1. The number of carbonyl (C=O) groups excluding carboxylic acids is 1. The van der Waals surface area contributed by atoms with Gasteiger partial charge in [0, 0.05) is 35.6 Å². The standard InChI is InChI=1S/C20H20ClN3O3/c1-4-6-7-24-11-15(13-8-12(3)23-18(13)19(24)25)17-9-16(21)14(10-22-17)20(26)27-5-2/h4,6,8-11,23H,5,7H2,1-3H3. The summed E-state index contributed by atoms with van der Waals surface area (Å²) < 4.78 is 6.60. The molecule has 0 radical (unpaired) electrons. The first-order valence-electron chi connectivity index (χ1n) is 8.63. The summed E-state index contributed by atoms with van der Waals surface area (Å²) in [5.41, 5.74) is 2.84. The third-order valence-corrected chi connectivity index (χ3v) is 4.48. The van der Waals surface area contributed by atoms with Gasteiger partial charge in [-0.2, -0.15) is 0 Å². The highest BCUT2D eigenvalue weighted by molar-refractivity contribution is 6.33. The number of carbonyl (C=O) groups is 1. The van der Waals surface area contributed by atoms with Gasteiger partial charge in [0.2, 0.25) is 0 Å². The lowest BCUT2D eigenvalue weighted by molar-refractivity contribution is 0.0526. The predicted molar refractivity (Wildman–Crippen MR) is 106 cm³/mol. The Kier molecular flexibility index (Phi) is 5.46. The number of halogens is 1. The van der Waals surface area contributed by atoms with Gasteiger partial charge in [0.05, 0.1) is 22.9 Å². The maximum absolute atomic E-state index is 12.7. The van der Waals surface area contributed by atoms with Gasteiger partial charge in [-0.15, -0.1) is 0 Å². The van der Waals surface area contributed by atoms with E-state index in [-0.39, 0.29) is 22.8 Å². The Hall–Kier alpha value is -2.86. The summed E-state index contributed by atoms with van der Waals surface area (Å²) in [6.07, 6.45) is 6.96. The van der Waals surface area contributed by atoms with Crippen molar-refractivity contribution in [2.45, 2.75) is 27.3 Å². The van der Waals surface area contributed by atoms with Crippen molar-refractivity contribution in [3.05, 3.63) is 63.3 Å². The van der Waals surface area contributed by atoms with Gasteiger partial charge in [-0.3, -0.25) is 9.78 Å². The van der Waals surface area contributed by atoms with E-state index in [1.807, 2.05) is 32.1 Å². The number of esters is 1. The molecule has 0 aliphatic heterocycles. The fourth-order valence-corrected chi connectivity index (χ4v) is 3.12. The molecule has 0 atom stereocenters. The van der Waals surface area contributed by atoms with Gasteiger partial charge in [-0.05, 0) is 32.9 Å². The van der Waals surface area contributed by atoms with Gasteiger partial charge in [0.15, 0.2) is 0 Å².